The smallest absolute Gasteiger partial charge is 0.264 e. The standard InChI is InChI=1S/C25H35N3O4S/c1-20-12-16-27(17-13-20)15-7-14-26-25(29)19-28(22-8-5-4-6-9-22)33(30,31)23-10-11-24(32-3)21(2)18-23/h4-6,8-11,18,20H,7,12-17,19H2,1-3H3,(H,26,29). The normalized spacial score (nSPS) is 15.2. The summed E-state index contributed by atoms with van der Waals surface area (Å²) in [5.41, 5.74) is 1.16. The zero-order valence-electron chi connectivity index (χ0n) is 19.8. The molecule has 1 aliphatic heterocycles. The van der Waals surface area contributed by atoms with E-state index < -0.39 is 10.0 Å². The molecule has 3 rings (SSSR count). The Balaban J connectivity index is 1.66. The van der Waals surface area contributed by atoms with Gasteiger partial charge in [0.25, 0.3) is 10.0 Å². The number of sulfonamides is 1. The number of rotatable bonds is 10. The van der Waals surface area contributed by atoms with Crippen molar-refractivity contribution < 1.29 is 17.9 Å². The Morgan fingerprint density at radius 1 is 1.15 bits per heavy atom. The fourth-order valence-electron chi connectivity index (χ4n) is 4.05. The molecule has 0 radical (unpaired) electrons. The average Bonchev–Trinajstić information content (AvgIpc) is 2.82. The van der Waals surface area contributed by atoms with Crippen LogP contribution < -0.4 is 14.4 Å². The fourth-order valence-corrected chi connectivity index (χ4v) is 5.56. The summed E-state index contributed by atoms with van der Waals surface area (Å²) in [6.07, 6.45) is 3.29. The highest BCUT2D eigenvalue weighted by molar-refractivity contribution is 7.92. The number of hydrogen-bond acceptors (Lipinski definition) is 5. The lowest BCUT2D eigenvalue weighted by molar-refractivity contribution is -0.119. The first-order valence-corrected chi connectivity index (χ1v) is 13.0. The quantitative estimate of drug-likeness (QED) is 0.535. The summed E-state index contributed by atoms with van der Waals surface area (Å²) in [6.45, 7) is 7.48. The van der Waals surface area contributed by atoms with E-state index >= 15 is 0 Å². The average molecular weight is 474 g/mol. The molecule has 1 N–H and O–H groups in total. The molecule has 0 spiro atoms. The molecule has 7 nitrogen and oxygen atoms in total. The van der Waals surface area contributed by atoms with Crippen LogP contribution in [0.4, 0.5) is 5.69 Å². The van der Waals surface area contributed by atoms with E-state index in [1.165, 1.54) is 18.9 Å². The Morgan fingerprint density at radius 2 is 1.85 bits per heavy atom. The minimum atomic E-state index is -3.94. The lowest BCUT2D eigenvalue weighted by Gasteiger charge is -2.30. The van der Waals surface area contributed by atoms with Crippen LogP contribution in [-0.2, 0) is 14.8 Å². The Hall–Kier alpha value is -2.58. The van der Waals surface area contributed by atoms with Crippen LogP contribution in [0.15, 0.2) is 53.4 Å². The van der Waals surface area contributed by atoms with Gasteiger partial charge in [-0.05, 0) is 87.6 Å². The first-order valence-electron chi connectivity index (χ1n) is 11.5. The summed E-state index contributed by atoms with van der Waals surface area (Å²) in [6, 6.07) is 13.4. The van der Waals surface area contributed by atoms with E-state index in [0.29, 0.717) is 23.5 Å². The highest BCUT2D eigenvalue weighted by atomic mass is 32.2. The second-order valence-corrected chi connectivity index (χ2v) is 10.6. The number of benzene rings is 2. The van der Waals surface area contributed by atoms with Gasteiger partial charge in [0.2, 0.25) is 5.91 Å². The molecule has 8 heteroatoms. The molecule has 1 aliphatic rings. The topological polar surface area (TPSA) is 79.0 Å². The van der Waals surface area contributed by atoms with E-state index in [2.05, 4.69) is 17.1 Å². The first-order chi connectivity index (χ1) is 15.8. The van der Waals surface area contributed by atoms with Crippen LogP contribution in [0, 0.1) is 12.8 Å². The van der Waals surface area contributed by atoms with E-state index in [9.17, 15) is 13.2 Å². The van der Waals surface area contributed by atoms with Crippen molar-refractivity contribution in [1.82, 2.24) is 10.2 Å². The van der Waals surface area contributed by atoms with Crippen molar-refractivity contribution >= 4 is 21.6 Å². The molecule has 0 saturated carbocycles. The van der Waals surface area contributed by atoms with Crippen LogP contribution in [-0.4, -0.2) is 59.1 Å². The molecule has 2 aromatic carbocycles. The molecule has 33 heavy (non-hydrogen) atoms. The number of aryl methyl sites for hydroxylation is 1. The van der Waals surface area contributed by atoms with E-state index in [4.69, 9.17) is 4.74 Å². The minimum Gasteiger partial charge on any atom is -0.496 e. The van der Waals surface area contributed by atoms with Gasteiger partial charge >= 0.3 is 0 Å². The number of carbonyl (C=O) groups is 1. The van der Waals surface area contributed by atoms with Crippen molar-refractivity contribution in [2.75, 3.05) is 44.1 Å². The number of amides is 1. The van der Waals surface area contributed by atoms with Crippen LogP contribution in [0.1, 0.15) is 31.7 Å². The number of ether oxygens (including phenoxy) is 1. The Kier molecular flexibility index (Phi) is 8.74. The summed E-state index contributed by atoms with van der Waals surface area (Å²) in [4.78, 5) is 15.3. The Labute approximate surface area is 197 Å². The predicted octanol–water partition coefficient (Wildman–Crippen LogP) is 3.44. The van der Waals surface area contributed by atoms with Crippen molar-refractivity contribution in [1.29, 1.82) is 0 Å². The van der Waals surface area contributed by atoms with Crippen molar-refractivity contribution in [2.24, 2.45) is 5.92 Å². The number of methoxy groups -OCH3 is 1. The molecule has 180 valence electrons. The van der Waals surface area contributed by atoms with Gasteiger partial charge in [-0.15, -0.1) is 0 Å². The van der Waals surface area contributed by atoms with Gasteiger partial charge < -0.3 is 15.0 Å². The van der Waals surface area contributed by atoms with E-state index in [1.54, 1.807) is 50.4 Å². The second kappa shape index (κ2) is 11.5. The molecule has 1 saturated heterocycles. The molecule has 0 aliphatic carbocycles. The zero-order valence-corrected chi connectivity index (χ0v) is 20.6. The van der Waals surface area contributed by atoms with Gasteiger partial charge in [0.1, 0.15) is 12.3 Å². The van der Waals surface area contributed by atoms with Gasteiger partial charge in [-0.3, -0.25) is 9.10 Å². The Bertz CT molecular complexity index is 1020. The van der Waals surface area contributed by atoms with Gasteiger partial charge in [0.15, 0.2) is 0 Å². The summed E-state index contributed by atoms with van der Waals surface area (Å²) in [5, 5.41) is 2.89. The molecular formula is C25H35N3O4S. The maximum atomic E-state index is 13.5. The van der Waals surface area contributed by atoms with Gasteiger partial charge in [-0.1, -0.05) is 25.1 Å². The van der Waals surface area contributed by atoms with Crippen molar-refractivity contribution in [3.8, 4) is 5.75 Å². The molecule has 0 aromatic heterocycles. The third-order valence-electron chi connectivity index (χ3n) is 6.14. The number of carbonyl (C=O) groups excluding carboxylic acids is 1. The van der Waals surface area contributed by atoms with Crippen molar-refractivity contribution in [2.45, 2.75) is 38.0 Å². The summed E-state index contributed by atoms with van der Waals surface area (Å²) in [7, 11) is -2.40. The van der Waals surface area contributed by atoms with E-state index in [0.717, 1.165) is 36.3 Å². The van der Waals surface area contributed by atoms with Gasteiger partial charge in [0, 0.05) is 6.54 Å². The largest absolute Gasteiger partial charge is 0.496 e. The van der Waals surface area contributed by atoms with Crippen LogP contribution in [0.3, 0.4) is 0 Å². The highest BCUT2D eigenvalue weighted by Gasteiger charge is 2.27. The number of nitrogens with one attached hydrogen (secondary N) is 1. The number of para-hydroxylation sites is 1. The maximum Gasteiger partial charge on any atom is 0.264 e. The summed E-state index contributed by atoms with van der Waals surface area (Å²) in [5.74, 6) is 1.09. The highest BCUT2D eigenvalue weighted by Crippen LogP contribution is 2.27. The number of nitrogens with zero attached hydrogens (tertiary/aromatic N) is 2. The molecule has 0 bridgehead atoms. The number of anilines is 1. The third kappa shape index (κ3) is 6.71. The maximum absolute atomic E-state index is 13.5. The molecule has 0 unspecified atom stereocenters. The molecule has 1 fully saturated rings. The van der Waals surface area contributed by atoms with Gasteiger partial charge in [-0.2, -0.15) is 0 Å². The Morgan fingerprint density at radius 3 is 2.48 bits per heavy atom. The molecule has 0 atom stereocenters. The van der Waals surface area contributed by atoms with Crippen LogP contribution in [0.5, 0.6) is 5.75 Å². The first kappa shape index (κ1) is 25.1. The molecular weight excluding hydrogens is 438 g/mol. The molecule has 2 aromatic rings. The second-order valence-electron chi connectivity index (χ2n) is 8.71. The van der Waals surface area contributed by atoms with Crippen LogP contribution in [0.25, 0.3) is 0 Å². The zero-order chi connectivity index (χ0) is 23.8. The SMILES string of the molecule is COc1ccc(S(=O)(=O)N(CC(=O)NCCCN2CCC(C)CC2)c2ccccc2)cc1C. The van der Waals surface area contributed by atoms with Gasteiger partial charge in [0.05, 0.1) is 17.7 Å². The lowest BCUT2D eigenvalue weighted by Crippen LogP contribution is -2.42. The summed E-state index contributed by atoms with van der Waals surface area (Å²) >= 11 is 0. The van der Waals surface area contributed by atoms with E-state index in [1.807, 2.05) is 6.07 Å². The predicted molar refractivity (Wildman–Crippen MR) is 131 cm³/mol. The lowest BCUT2D eigenvalue weighted by atomic mass is 9.99. The van der Waals surface area contributed by atoms with Crippen LogP contribution >= 0.6 is 0 Å². The monoisotopic (exact) mass is 473 g/mol. The molecule has 1 amide bonds. The number of hydrogen-bond donors (Lipinski definition) is 1. The van der Waals surface area contributed by atoms with Crippen LogP contribution in [0.2, 0.25) is 0 Å². The van der Waals surface area contributed by atoms with Crippen molar-refractivity contribution in [3.63, 3.8) is 0 Å². The molecule has 1 heterocycles. The summed E-state index contributed by atoms with van der Waals surface area (Å²) < 4.78 is 33.4. The minimum absolute atomic E-state index is 0.122. The number of likely N-dealkylation sites (tertiary alicyclic amines) is 1. The van der Waals surface area contributed by atoms with Crippen molar-refractivity contribution in [3.05, 3.63) is 54.1 Å². The van der Waals surface area contributed by atoms with Gasteiger partial charge in [-0.25, -0.2) is 8.42 Å². The fraction of sp³-hybridized carbons (Fsp3) is 0.480. The van der Waals surface area contributed by atoms with E-state index in [-0.39, 0.29) is 17.3 Å². The number of piperidine rings is 1. The third-order valence-corrected chi connectivity index (χ3v) is 7.91.